The van der Waals surface area contributed by atoms with Gasteiger partial charge in [-0.15, -0.1) is 0 Å². The van der Waals surface area contributed by atoms with Crippen LogP contribution in [0.5, 0.6) is 0 Å². The summed E-state index contributed by atoms with van der Waals surface area (Å²) in [6.07, 6.45) is 1.92. The van der Waals surface area contributed by atoms with E-state index in [1.807, 2.05) is 6.07 Å². The van der Waals surface area contributed by atoms with Crippen molar-refractivity contribution < 1.29 is 9.59 Å². The normalized spacial score (nSPS) is 19.0. The fourth-order valence-electron chi connectivity index (χ4n) is 2.23. The van der Waals surface area contributed by atoms with E-state index in [4.69, 9.17) is 0 Å². The topological polar surface area (TPSA) is 62.3 Å². The lowest BCUT2D eigenvalue weighted by Gasteiger charge is -2.18. The zero-order valence-corrected chi connectivity index (χ0v) is 11.3. The number of nitrogens with one attached hydrogen (secondary N) is 1. The van der Waals surface area contributed by atoms with Crippen LogP contribution in [-0.2, 0) is 9.59 Å². The number of hydrogen-bond acceptors (Lipinski definition) is 3. The Morgan fingerprint density at radius 3 is 2.95 bits per heavy atom. The molecule has 1 aromatic rings. The molecular weight excluding hydrogens is 242 g/mol. The highest BCUT2D eigenvalue weighted by Gasteiger charge is 2.34. The van der Waals surface area contributed by atoms with Crippen LogP contribution in [0.3, 0.4) is 0 Å². The minimum absolute atomic E-state index is 0.0647. The van der Waals surface area contributed by atoms with E-state index in [0.717, 1.165) is 0 Å². The molecule has 0 radical (unpaired) electrons. The highest BCUT2D eigenvalue weighted by Crippen LogP contribution is 2.20. The lowest BCUT2D eigenvalue weighted by molar-refractivity contribution is -0.128. The van der Waals surface area contributed by atoms with Crippen LogP contribution in [0.1, 0.15) is 20.3 Å². The number of pyridine rings is 1. The third-order valence-electron chi connectivity index (χ3n) is 3.09. The van der Waals surface area contributed by atoms with Crippen molar-refractivity contribution in [3.8, 4) is 0 Å². The van der Waals surface area contributed by atoms with Gasteiger partial charge in [-0.05, 0) is 18.1 Å². The maximum Gasteiger partial charge on any atom is 0.230 e. The van der Waals surface area contributed by atoms with Gasteiger partial charge < -0.3 is 10.2 Å². The Labute approximate surface area is 113 Å². The third kappa shape index (κ3) is 3.53. The largest absolute Gasteiger partial charge is 0.342 e. The highest BCUT2D eigenvalue weighted by atomic mass is 16.2. The summed E-state index contributed by atoms with van der Waals surface area (Å²) in [7, 11) is 0. The van der Waals surface area contributed by atoms with Gasteiger partial charge in [-0.1, -0.05) is 19.9 Å². The van der Waals surface area contributed by atoms with E-state index in [9.17, 15) is 9.59 Å². The zero-order chi connectivity index (χ0) is 13.8. The van der Waals surface area contributed by atoms with Crippen LogP contribution >= 0.6 is 0 Å². The Bertz CT molecular complexity index is 459. The number of amides is 2. The van der Waals surface area contributed by atoms with Gasteiger partial charge in [0.05, 0.1) is 5.92 Å². The van der Waals surface area contributed by atoms with Crippen LogP contribution in [0, 0.1) is 11.8 Å². The van der Waals surface area contributed by atoms with Crippen molar-refractivity contribution >= 4 is 17.6 Å². The number of nitrogens with zero attached hydrogens (tertiary/aromatic N) is 2. The average molecular weight is 261 g/mol. The van der Waals surface area contributed by atoms with Gasteiger partial charge in [0.25, 0.3) is 0 Å². The Morgan fingerprint density at radius 2 is 2.32 bits per heavy atom. The van der Waals surface area contributed by atoms with Gasteiger partial charge in [-0.25, -0.2) is 4.98 Å². The van der Waals surface area contributed by atoms with Crippen LogP contribution in [0.25, 0.3) is 0 Å². The highest BCUT2D eigenvalue weighted by molar-refractivity contribution is 5.96. The molecule has 5 nitrogen and oxygen atoms in total. The smallest absolute Gasteiger partial charge is 0.230 e. The SMILES string of the molecule is CC(C)CN1CC(C(=O)Nc2ccccn2)CC1=O. The molecule has 1 saturated heterocycles. The van der Waals surface area contributed by atoms with E-state index in [1.54, 1.807) is 23.2 Å². The van der Waals surface area contributed by atoms with Gasteiger partial charge in [-0.2, -0.15) is 0 Å². The quantitative estimate of drug-likeness (QED) is 0.894. The summed E-state index contributed by atoms with van der Waals surface area (Å²) in [5, 5.41) is 2.75. The summed E-state index contributed by atoms with van der Waals surface area (Å²) in [6, 6.07) is 5.34. The molecule has 0 aromatic carbocycles. The number of likely N-dealkylation sites (tertiary alicyclic amines) is 1. The van der Waals surface area contributed by atoms with E-state index in [2.05, 4.69) is 24.1 Å². The molecule has 1 N–H and O–H groups in total. The molecule has 19 heavy (non-hydrogen) atoms. The molecule has 0 bridgehead atoms. The van der Waals surface area contributed by atoms with Gasteiger partial charge >= 0.3 is 0 Å². The van der Waals surface area contributed by atoms with E-state index in [1.165, 1.54) is 0 Å². The fraction of sp³-hybridized carbons (Fsp3) is 0.500. The molecule has 0 spiro atoms. The Morgan fingerprint density at radius 1 is 1.53 bits per heavy atom. The predicted octanol–water partition coefficient (Wildman–Crippen LogP) is 1.52. The van der Waals surface area contributed by atoms with Crippen LogP contribution < -0.4 is 5.32 Å². The first-order valence-corrected chi connectivity index (χ1v) is 6.56. The molecular formula is C14H19N3O2. The summed E-state index contributed by atoms with van der Waals surface area (Å²) in [5.41, 5.74) is 0. The Balaban J connectivity index is 1.93. The second-order valence-corrected chi connectivity index (χ2v) is 5.30. The monoisotopic (exact) mass is 261 g/mol. The van der Waals surface area contributed by atoms with Gasteiger partial charge in [0.2, 0.25) is 11.8 Å². The maximum atomic E-state index is 12.1. The molecule has 5 heteroatoms. The molecule has 2 heterocycles. The van der Waals surface area contributed by atoms with E-state index >= 15 is 0 Å². The molecule has 2 rings (SSSR count). The first-order valence-electron chi connectivity index (χ1n) is 6.56. The summed E-state index contributed by atoms with van der Waals surface area (Å²) in [4.78, 5) is 29.7. The summed E-state index contributed by atoms with van der Waals surface area (Å²) < 4.78 is 0. The minimum atomic E-state index is -0.270. The van der Waals surface area contributed by atoms with Crippen molar-refractivity contribution in [3.63, 3.8) is 0 Å². The van der Waals surface area contributed by atoms with Gasteiger partial charge in [0.1, 0.15) is 5.82 Å². The van der Waals surface area contributed by atoms with Crippen LogP contribution in [0.2, 0.25) is 0 Å². The van der Waals surface area contributed by atoms with Crippen LogP contribution in [0.15, 0.2) is 24.4 Å². The van der Waals surface area contributed by atoms with E-state index < -0.39 is 0 Å². The lowest BCUT2D eigenvalue weighted by atomic mass is 10.1. The van der Waals surface area contributed by atoms with Crippen molar-refractivity contribution in [1.82, 2.24) is 9.88 Å². The summed E-state index contributed by atoms with van der Waals surface area (Å²) in [6.45, 7) is 5.35. The number of carbonyl (C=O) groups is 2. The molecule has 0 aliphatic carbocycles. The maximum absolute atomic E-state index is 12.1. The summed E-state index contributed by atoms with van der Waals surface area (Å²) >= 11 is 0. The number of hydrogen-bond donors (Lipinski definition) is 1. The third-order valence-corrected chi connectivity index (χ3v) is 3.09. The zero-order valence-electron chi connectivity index (χ0n) is 11.3. The van der Waals surface area contributed by atoms with Crippen molar-refractivity contribution in [2.75, 3.05) is 18.4 Å². The first kappa shape index (κ1) is 13.5. The van der Waals surface area contributed by atoms with Crippen LogP contribution in [0.4, 0.5) is 5.82 Å². The number of rotatable bonds is 4. The van der Waals surface area contributed by atoms with Gasteiger partial charge in [0, 0.05) is 25.7 Å². The summed E-state index contributed by atoms with van der Waals surface area (Å²) in [5.74, 6) is 0.616. The first-order chi connectivity index (χ1) is 9.06. The standard InChI is InChI=1S/C14H19N3O2/c1-10(2)8-17-9-11(7-13(17)18)14(19)16-12-5-3-4-6-15-12/h3-6,10-11H,7-9H2,1-2H3,(H,15,16,19). The predicted molar refractivity (Wildman–Crippen MR) is 72.4 cm³/mol. The Hall–Kier alpha value is -1.91. The lowest BCUT2D eigenvalue weighted by Crippen LogP contribution is -2.31. The molecule has 2 amide bonds. The molecule has 1 aliphatic heterocycles. The Kier molecular flexibility index (Phi) is 4.14. The number of carbonyl (C=O) groups excluding carboxylic acids is 2. The molecule has 102 valence electrons. The second kappa shape index (κ2) is 5.82. The fourth-order valence-corrected chi connectivity index (χ4v) is 2.23. The van der Waals surface area contributed by atoms with Crippen molar-refractivity contribution in [2.45, 2.75) is 20.3 Å². The van der Waals surface area contributed by atoms with Crippen molar-refractivity contribution in [3.05, 3.63) is 24.4 Å². The molecule has 1 unspecified atom stereocenters. The molecule has 1 atom stereocenters. The number of aromatic nitrogens is 1. The minimum Gasteiger partial charge on any atom is -0.342 e. The van der Waals surface area contributed by atoms with Gasteiger partial charge in [0.15, 0.2) is 0 Å². The average Bonchev–Trinajstić information content (AvgIpc) is 2.71. The molecule has 1 aliphatic rings. The van der Waals surface area contributed by atoms with Crippen molar-refractivity contribution in [2.24, 2.45) is 11.8 Å². The second-order valence-electron chi connectivity index (χ2n) is 5.30. The number of anilines is 1. The van der Waals surface area contributed by atoms with E-state index in [-0.39, 0.29) is 17.7 Å². The van der Waals surface area contributed by atoms with Gasteiger partial charge in [-0.3, -0.25) is 9.59 Å². The van der Waals surface area contributed by atoms with Crippen LogP contribution in [-0.4, -0.2) is 34.8 Å². The molecule has 0 saturated carbocycles. The molecule has 1 aromatic heterocycles. The molecule has 1 fully saturated rings. The van der Waals surface area contributed by atoms with Crippen molar-refractivity contribution in [1.29, 1.82) is 0 Å². The van der Waals surface area contributed by atoms with E-state index in [0.29, 0.717) is 31.2 Å².